The fraction of sp³-hybridized carbons (Fsp3) is 0.400. The predicted octanol–water partition coefficient (Wildman–Crippen LogP) is -0.535. The van der Waals surface area contributed by atoms with Crippen LogP contribution >= 0.6 is 0 Å². The molecule has 0 heterocycles. The van der Waals surface area contributed by atoms with Gasteiger partial charge in [0.25, 0.3) is 10.1 Å². The van der Waals surface area contributed by atoms with Crippen molar-refractivity contribution < 1.29 is 22.6 Å². The number of hydrogen-bond acceptors (Lipinski definition) is 4. The van der Waals surface area contributed by atoms with Crippen molar-refractivity contribution in [2.24, 2.45) is 17.4 Å². The Kier molecular flexibility index (Phi) is 21.7. The van der Waals surface area contributed by atoms with E-state index in [2.05, 4.69) is 24.6 Å². The van der Waals surface area contributed by atoms with Gasteiger partial charge in [-0.05, 0) is 18.1 Å². The molecular weight excluding hydrogens is 283 g/mol. The summed E-state index contributed by atoms with van der Waals surface area (Å²) in [6, 6.07) is 0. The predicted molar refractivity (Wildman–Crippen MR) is 75.8 cm³/mol. The fourth-order valence-electron chi connectivity index (χ4n) is 0.421. The van der Waals surface area contributed by atoms with E-state index in [9.17, 15) is 18.0 Å². The van der Waals surface area contributed by atoms with Crippen LogP contribution < -0.4 is 11.5 Å². The second kappa shape index (κ2) is 15.4. The van der Waals surface area contributed by atoms with Gasteiger partial charge in [0.1, 0.15) is 0 Å². The van der Waals surface area contributed by atoms with Crippen LogP contribution in [-0.4, -0.2) is 60.1 Å². The molecule has 0 bridgehead atoms. The molecule has 0 aromatic rings. The van der Waals surface area contributed by atoms with Gasteiger partial charge in [-0.15, -0.1) is 0 Å². The van der Waals surface area contributed by atoms with Gasteiger partial charge in [0.2, 0.25) is 11.8 Å². The topological polar surface area (TPSA) is 141 Å². The molecule has 0 aliphatic heterocycles. The summed E-state index contributed by atoms with van der Waals surface area (Å²) >= 11 is 0. The molecule has 0 aromatic carbocycles. The third-order valence-electron chi connectivity index (χ3n) is 0.946. The zero-order valence-electron chi connectivity index (χ0n) is 11.5. The molecule has 0 saturated heterocycles. The van der Waals surface area contributed by atoms with E-state index in [1.807, 2.05) is 0 Å². The maximum atomic E-state index is 10.00. The van der Waals surface area contributed by atoms with Gasteiger partial charge in [0.05, 0.1) is 5.75 Å². The van der Waals surface area contributed by atoms with E-state index < -0.39 is 21.9 Å². The van der Waals surface area contributed by atoms with Crippen LogP contribution in [0, 0.1) is 5.92 Å². The van der Waals surface area contributed by atoms with Crippen molar-refractivity contribution in [2.45, 2.75) is 13.8 Å². The van der Waals surface area contributed by atoms with Gasteiger partial charge in [0.15, 0.2) is 0 Å². The summed E-state index contributed by atoms with van der Waals surface area (Å²) in [7, 11) is -3.72. The van der Waals surface area contributed by atoms with E-state index >= 15 is 0 Å². The molecule has 0 fully saturated rings. The second-order valence-corrected chi connectivity index (χ2v) is 4.85. The third-order valence-corrected chi connectivity index (χ3v) is 2.03. The van der Waals surface area contributed by atoms with Gasteiger partial charge in [-0.25, -0.2) is 0 Å². The maximum Gasteiger partial charge on any atom is 0.265 e. The number of carbonyl (C=O) groups is 2. The minimum atomic E-state index is -3.72. The Balaban J connectivity index is -0.0000000906. The van der Waals surface area contributed by atoms with Crippen LogP contribution in [0.5, 0.6) is 0 Å². The first-order valence-electron chi connectivity index (χ1n) is 4.75. The Morgan fingerprint density at radius 1 is 1.16 bits per heavy atom. The van der Waals surface area contributed by atoms with Gasteiger partial charge < -0.3 is 11.5 Å². The van der Waals surface area contributed by atoms with Crippen molar-refractivity contribution in [3.63, 3.8) is 0 Å². The van der Waals surface area contributed by atoms with Crippen LogP contribution in [0.1, 0.15) is 13.8 Å². The minimum absolute atomic E-state index is 0. The van der Waals surface area contributed by atoms with E-state index in [-0.39, 0.29) is 41.2 Å². The summed E-state index contributed by atoms with van der Waals surface area (Å²) in [6.07, 6.45) is 2.11. The van der Waals surface area contributed by atoms with Crippen molar-refractivity contribution in [3.8, 4) is 0 Å². The maximum absolute atomic E-state index is 10.00. The molecule has 0 rings (SSSR count). The van der Waals surface area contributed by atoms with Crippen LogP contribution in [-0.2, 0) is 19.7 Å². The van der Waals surface area contributed by atoms with Crippen LogP contribution in [0.15, 0.2) is 25.3 Å². The van der Waals surface area contributed by atoms with Crippen molar-refractivity contribution in [1.82, 2.24) is 0 Å². The summed E-state index contributed by atoms with van der Waals surface area (Å²) in [5, 5.41) is 0. The number of hydrogen-bond donors (Lipinski definition) is 3. The largest absolute Gasteiger partial charge is 0.366 e. The van der Waals surface area contributed by atoms with E-state index in [0.717, 1.165) is 12.2 Å². The zero-order chi connectivity index (χ0) is 15.4. The minimum Gasteiger partial charge on any atom is -0.366 e. The fourth-order valence-corrected chi connectivity index (χ4v) is 1.26. The first-order valence-corrected chi connectivity index (χ1v) is 6.36. The molecule has 9 heteroatoms. The number of primary amides is 2. The summed E-state index contributed by atoms with van der Waals surface area (Å²) in [6.45, 7) is 9.63. The summed E-state index contributed by atoms with van der Waals surface area (Å²) in [4.78, 5) is 18.9. The van der Waals surface area contributed by atoms with E-state index in [0.29, 0.717) is 0 Å². The Hall–Kier alpha value is -0.670. The number of amides is 2. The molecular formula is C10H20N2NaO5S. The molecule has 0 spiro atoms. The Bertz CT molecular complexity index is 361. The van der Waals surface area contributed by atoms with Crippen molar-refractivity contribution in [2.75, 3.05) is 5.75 Å². The first kappa shape index (κ1) is 26.8. The molecule has 2 amide bonds. The molecule has 7 nitrogen and oxygen atoms in total. The Labute approximate surface area is 136 Å². The Morgan fingerprint density at radius 2 is 1.37 bits per heavy atom. The molecule has 0 aliphatic rings. The van der Waals surface area contributed by atoms with Crippen LogP contribution in [0.3, 0.4) is 0 Å². The molecule has 0 saturated carbocycles. The van der Waals surface area contributed by atoms with Crippen LogP contribution in [0.2, 0.25) is 0 Å². The molecule has 19 heavy (non-hydrogen) atoms. The normalized spacial score (nSPS) is 8.63. The van der Waals surface area contributed by atoms with E-state index in [1.165, 1.54) is 0 Å². The van der Waals surface area contributed by atoms with Crippen molar-refractivity contribution in [3.05, 3.63) is 25.3 Å². The SMILES string of the molecule is C=CC(N)=O.C=CC(N)=O.CC(C)CS(=O)(=O)O.[Na]. The summed E-state index contributed by atoms with van der Waals surface area (Å²) in [5.41, 5.74) is 9.07. The van der Waals surface area contributed by atoms with Crippen LogP contribution in [0.4, 0.5) is 0 Å². The molecule has 0 aromatic heterocycles. The van der Waals surface area contributed by atoms with Crippen molar-refractivity contribution in [1.29, 1.82) is 0 Å². The zero-order valence-corrected chi connectivity index (χ0v) is 14.3. The van der Waals surface area contributed by atoms with Gasteiger partial charge >= 0.3 is 0 Å². The van der Waals surface area contributed by atoms with E-state index in [1.54, 1.807) is 13.8 Å². The molecule has 5 N–H and O–H groups in total. The second-order valence-electron chi connectivity index (χ2n) is 3.36. The number of carbonyl (C=O) groups excluding carboxylic acids is 2. The van der Waals surface area contributed by atoms with Crippen LogP contribution in [0.25, 0.3) is 0 Å². The van der Waals surface area contributed by atoms with E-state index in [4.69, 9.17) is 4.55 Å². The summed E-state index contributed by atoms with van der Waals surface area (Å²) < 4.78 is 28.2. The quantitative estimate of drug-likeness (QED) is 0.363. The van der Waals surface area contributed by atoms with Gasteiger partial charge in [0, 0.05) is 29.6 Å². The average molecular weight is 303 g/mol. The number of nitrogens with two attached hydrogens (primary N) is 2. The summed E-state index contributed by atoms with van der Waals surface area (Å²) in [5.74, 6) is -1.10. The average Bonchev–Trinajstić information content (AvgIpc) is 2.15. The first-order chi connectivity index (χ1) is 7.96. The monoisotopic (exact) mass is 303 g/mol. The van der Waals surface area contributed by atoms with Gasteiger partial charge in [-0.1, -0.05) is 27.0 Å². The molecule has 0 atom stereocenters. The molecule has 1 radical (unpaired) electrons. The number of rotatable bonds is 4. The smallest absolute Gasteiger partial charge is 0.265 e. The molecule has 0 unspecified atom stereocenters. The van der Waals surface area contributed by atoms with Gasteiger partial charge in [-0.2, -0.15) is 8.42 Å². The third kappa shape index (κ3) is 58.7. The van der Waals surface area contributed by atoms with Crippen molar-refractivity contribution >= 4 is 51.5 Å². The standard InChI is InChI=1S/C4H10O3S.2C3H5NO.Na/c1-4(2)3-8(5,6)7;2*1-2-3(4)5;/h4H,3H2,1-2H3,(H,5,6,7);2*2H,1H2,(H2,4,5);. The molecule has 107 valence electrons. The molecule has 0 aliphatic carbocycles. The van der Waals surface area contributed by atoms with Gasteiger partial charge in [-0.3, -0.25) is 14.1 Å². The Morgan fingerprint density at radius 3 is 1.37 bits per heavy atom.